The summed E-state index contributed by atoms with van der Waals surface area (Å²) >= 11 is 0. The third kappa shape index (κ3) is 4.58. The van der Waals surface area contributed by atoms with E-state index in [0.717, 1.165) is 16.1 Å². The standard InChI is InChI=1S/C17H20N2O5/c1-2-24-16(21)10-9-13-5-7-14(8-6-13)12-19-15(20)4-3-11-18(19)17(22)23/h5-10H,2-4,11-12H2,1H3,(H,22,23). The van der Waals surface area contributed by atoms with E-state index in [2.05, 4.69) is 0 Å². The van der Waals surface area contributed by atoms with Gasteiger partial charge in [0.15, 0.2) is 0 Å². The van der Waals surface area contributed by atoms with Crippen molar-refractivity contribution in [1.29, 1.82) is 0 Å². The molecular weight excluding hydrogens is 312 g/mol. The van der Waals surface area contributed by atoms with Gasteiger partial charge in [0.2, 0.25) is 5.91 Å². The number of hydrogen-bond donors (Lipinski definition) is 1. The lowest BCUT2D eigenvalue weighted by molar-refractivity contribution is -0.152. The minimum absolute atomic E-state index is 0.199. The van der Waals surface area contributed by atoms with Crippen LogP contribution in [0.15, 0.2) is 30.3 Å². The van der Waals surface area contributed by atoms with Crippen LogP contribution < -0.4 is 0 Å². The molecule has 2 rings (SSSR count). The second-order valence-electron chi connectivity index (χ2n) is 5.29. The molecule has 1 aliphatic heterocycles. The maximum atomic E-state index is 12.0. The lowest BCUT2D eigenvalue weighted by Crippen LogP contribution is -2.52. The van der Waals surface area contributed by atoms with Gasteiger partial charge in [0.25, 0.3) is 0 Å². The summed E-state index contributed by atoms with van der Waals surface area (Å²) in [7, 11) is 0. The number of hydrogen-bond acceptors (Lipinski definition) is 4. The molecule has 0 bridgehead atoms. The Morgan fingerprint density at radius 2 is 2.00 bits per heavy atom. The number of hydrazine groups is 1. The average Bonchev–Trinajstić information content (AvgIpc) is 2.56. The predicted molar refractivity (Wildman–Crippen MR) is 86.6 cm³/mol. The van der Waals surface area contributed by atoms with E-state index in [-0.39, 0.29) is 12.5 Å². The first-order valence-corrected chi connectivity index (χ1v) is 7.75. The maximum absolute atomic E-state index is 12.0. The van der Waals surface area contributed by atoms with Crippen molar-refractivity contribution in [2.45, 2.75) is 26.3 Å². The molecule has 0 unspecified atom stereocenters. The number of esters is 1. The highest BCUT2D eigenvalue weighted by Gasteiger charge is 2.29. The number of nitrogens with zero attached hydrogens (tertiary/aromatic N) is 2. The van der Waals surface area contributed by atoms with Crippen LogP contribution in [0, 0.1) is 0 Å². The molecule has 0 radical (unpaired) electrons. The van der Waals surface area contributed by atoms with Gasteiger partial charge in [-0.15, -0.1) is 0 Å². The van der Waals surface area contributed by atoms with Crippen LogP contribution in [0.5, 0.6) is 0 Å². The molecule has 1 aromatic carbocycles. The third-order valence-electron chi connectivity index (χ3n) is 3.57. The highest BCUT2D eigenvalue weighted by molar-refractivity contribution is 5.87. The lowest BCUT2D eigenvalue weighted by Gasteiger charge is -2.36. The fraction of sp³-hybridized carbons (Fsp3) is 0.353. The van der Waals surface area contributed by atoms with Crippen LogP contribution in [0.3, 0.4) is 0 Å². The van der Waals surface area contributed by atoms with E-state index in [0.29, 0.717) is 26.0 Å². The van der Waals surface area contributed by atoms with E-state index in [9.17, 15) is 19.5 Å². The molecule has 128 valence electrons. The molecular formula is C17H20N2O5. The smallest absolute Gasteiger partial charge is 0.426 e. The van der Waals surface area contributed by atoms with E-state index in [4.69, 9.17) is 4.74 Å². The van der Waals surface area contributed by atoms with Gasteiger partial charge in [-0.1, -0.05) is 24.3 Å². The number of ether oxygens (including phenoxy) is 1. The minimum atomic E-state index is -1.13. The zero-order valence-corrected chi connectivity index (χ0v) is 13.5. The van der Waals surface area contributed by atoms with Crippen LogP contribution in [-0.2, 0) is 20.9 Å². The van der Waals surface area contributed by atoms with Gasteiger partial charge in [0.1, 0.15) is 0 Å². The normalized spacial score (nSPS) is 15.0. The van der Waals surface area contributed by atoms with Gasteiger partial charge in [0, 0.05) is 19.0 Å². The fourth-order valence-electron chi connectivity index (χ4n) is 2.40. The van der Waals surface area contributed by atoms with Crippen molar-refractivity contribution in [2.75, 3.05) is 13.2 Å². The molecule has 2 amide bonds. The Labute approximate surface area is 140 Å². The van der Waals surface area contributed by atoms with E-state index in [1.807, 2.05) is 0 Å². The Kier molecular flexibility index (Phi) is 5.95. The molecule has 1 N–H and O–H groups in total. The Bertz CT molecular complexity index is 639. The molecule has 1 aliphatic rings. The molecule has 0 aliphatic carbocycles. The molecule has 0 spiro atoms. The summed E-state index contributed by atoms with van der Waals surface area (Å²) in [5.74, 6) is -0.604. The summed E-state index contributed by atoms with van der Waals surface area (Å²) in [6.07, 6.45) is 2.75. The van der Waals surface area contributed by atoms with Crippen LogP contribution in [0.4, 0.5) is 4.79 Å². The Hall–Kier alpha value is -2.83. The van der Waals surface area contributed by atoms with Crippen LogP contribution in [-0.4, -0.2) is 46.2 Å². The summed E-state index contributed by atoms with van der Waals surface area (Å²) in [6.45, 7) is 2.59. The fourth-order valence-corrected chi connectivity index (χ4v) is 2.40. The van der Waals surface area contributed by atoms with Crippen molar-refractivity contribution in [3.05, 3.63) is 41.5 Å². The van der Waals surface area contributed by atoms with Crippen molar-refractivity contribution >= 4 is 24.0 Å². The largest absolute Gasteiger partial charge is 0.464 e. The molecule has 0 atom stereocenters. The minimum Gasteiger partial charge on any atom is -0.464 e. The molecule has 0 saturated carbocycles. The molecule has 1 heterocycles. The Balaban J connectivity index is 2.03. The number of rotatable bonds is 5. The first kappa shape index (κ1) is 17.5. The molecule has 7 heteroatoms. The first-order valence-electron chi connectivity index (χ1n) is 7.75. The second-order valence-corrected chi connectivity index (χ2v) is 5.29. The molecule has 7 nitrogen and oxygen atoms in total. The van der Waals surface area contributed by atoms with Crippen molar-refractivity contribution in [1.82, 2.24) is 10.0 Å². The number of carbonyl (C=O) groups is 3. The SMILES string of the molecule is CCOC(=O)C=Cc1ccc(CN2C(=O)CCCN2C(=O)O)cc1. The molecule has 1 aromatic rings. The van der Waals surface area contributed by atoms with Gasteiger partial charge in [0.05, 0.1) is 13.2 Å². The molecule has 1 fully saturated rings. The van der Waals surface area contributed by atoms with Crippen molar-refractivity contribution in [3.63, 3.8) is 0 Å². The van der Waals surface area contributed by atoms with Gasteiger partial charge in [-0.05, 0) is 30.5 Å². The highest BCUT2D eigenvalue weighted by Crippen LogP contribution is 2.17. The second kappa shape index (κ2) is 8.14. The average molecular weight is 332 g/mol. The van der Waals surface area contributed by atoms with Crippen molar-refractivity contribution in [2.24, 2.45) is 0 Å². The van der Waals surface area contributed by atoms with E-state index in [1.165, 1.54) is 11.1 Å². The Morgan fingerprint density at radius 3 is 2.62 bits per heavy atom. The van der Waals surface area contributed by atoms with Gasteiger partial charge < -0.3 is 9.84 Å². The number of benzene rings is 1. The zero-order valence-electron chi connectivity index (χ0n) is 13.5. The van der Waals surface area contributed by atoms with Gasteiger partial charge >= 0.3 is 12.1 Å². The topological polar surface area (TPSA) is 87.2 Å². The van der Waals surface area contributed by atoms with Gasteiger partial charge in [-0.2, -0.15) is 0 Å². The predicted octanol–water partition coefficient (Wildman–Crippen LogP) is 2.28. The molecule has 24 heavy (non-hydrogen) atoms. The van der Waals surface area contributed by atoms with E-state index >= 15 is 0 Å². The van der Waals surface area contributed by atoms with Gasteiger partial charge in [-0.3, -0.25) is 4.79 Å². The summed E-state index contributed by atoms with van der Waals surface area (Å²) in [5, 5.41) is 11.5. The lowest BCUT2D eigenvalue weighted by atomic mass is 10.1. The maximum Gasteiger partial charge on any atom is 0.426 e. The van der Waals surface area contributed by atoms with Crippen molar-refractivity contribution in [3.8, 4) is 0 Å². The quantitative estimate of drug-likeness (QED) is 0.660. The first-order chi connectivity index (χ1) is 11.5. The number of carboxylic acid groups (broad SMARTS) is 1. The van der Waals surface area contributed by atoms with E-state index in [1.54, 1.807) is 37.3 Å². The van der Waals surface area contributed by atoms with Crippen LogP contribution in [0.2, 0.25) is 0 Å². The monoisotopic (exact) mass is 332 g/mol. The zero-order chi connectivity index (χ0) is 17.5. The summed E-state index contributed by atoms with van der Waals surface area (Å²) < 4.78 is 4.80. The number of carbonyl (C=O) groups excluding carboxylic acids is 2. The number of amides is 2. The van der Waals surface area contributed by atoms with E-state index < -0.39 is 12.1 Å². The molecule has 1 saturated heterocycles. The summed E-state index contributed by atoms with van der Waals surface area (Å²) in [5.41, 5.74) is 1.62. The van der Waals surface area contributed by atoms with Crippen LogP contribution in [0.1, 0.15) is 30.9 Å². The highest BCUT2D eigenvalue weighted by atomic mass is 16.5. The summed E-state index contributed by atoms with van der Waals surface area (Å²) in [4.78, 5) is 34.5. The molecule has 0 aromatic heterocycles. The van der Waals surface area contributed by atoms with Gasteiger partial charge in [-0.25, -0.2) is 19.6 Å². The third-order valence-corrected chi connectivity index (χ3v) is 3.57. The Morgan fingerprint density at radius 1 is 1.29 bits per heavy atom. The van der Waals surface area contributed by atoms with Crippen LogP contribution in [0.25, 0.3) is 6.08 Å². The van der Waals surface area contributed by atoms with Crippen LogP contribution >= 0.6 is 0 Å². The summed E-state index contributed by atoms with van der Waals surface area (Å²) in [6, 6.07) is 7.19. The van der Waals surface area contributed by atoms with Crippen molar-refractivity contribution < 1.29 is 24.2 Å².